The van der Waals surface area contributed by atoms with Crippen LogP contribution in [-0.2, 0) is 13.0 Å². The van der Waals surface area contributed by atoms with Crippen molar-refractivity contribution in [3.8, 4) is 0 Å². The Morgan fingerprint density at radius 1 is 1.18 bits per heavy atom. The lowest BCUT2D eigenvalue weighted by Crippen LogP contribution is -2.34. The zero-order valence-electron chi connectivity index (χ0n) is 12.3. The van der Waals surface area contributed by atoms with Gasteiger partial charge in [0.1, 0.15) is 5.82 Å². The molecule has 114 valence electrons. The number of benzene rings is 1. The van der Waals surface area contributed by atoms with Crippen LogP contribution >= 0.6 is 0 Å². The van der Waals surface area contributed by atoms with E-state index in [4.69, 9.17) is 5.11 Å². The van der Waals surface area contributed by atoms with E-state index in [0.29, 0.717) is 5.82 Å². The van der Waals surface area contributed by atoms with E-state index in [9.17, 15) is 4.79 Å². The fraction of sp³-hybridized carbons (Fsp3) is 0.294. The number of fused-ring (bicyclic) bond motifs is 1. The van der Waals surface area contributed by atoms with Gasteiger partial charge in [-0.3, -0.25) is 4.90 Å². The molecule has 1 aromatic heterocycles. The molecule has 0 bridgehead atoms. The number of aromatic carboxylic acids is 1. The second-order valence-electron chi connectivity index (χ2n) is 5.43. The normalized spacial score (nSPS) is 14.4. The number of rotatable bonds is 5. The van der Waals surface area contributed by atoms with Crippen LogP contribution in [0.15, 0.2) is 42.5 Å². The number of aromatic nitrogens is 1. The van der Waals surface area contributed by atoms with Gasteiger partial charge >= 0.3 is 5.97 Å². The molecule has 3 rings (SSSR count). The topological polar surface area (TPSA) is 65.5 Å². The first-order valence-electron chi connectivity index (χ1n) is 7.46. The Labute approximate surface area is 129 Å². The number of pyridine rings is 1. The number of nitrogens with zero attached hydrogens (tertiary/aromatic N) is 2. The van der Waals surface area contributed by atoms with Crippen molar-refractivity contribution in [2.75, 3.05) is 25.0 Å². The molecule has 5 nitrogen and oxygen atoms in total. The smallest absolute Gasteiger partial charge is 0.354 e. The van der Waals surface area contributed by atoms with Gasteiger partial charge in [-0.2, -0.15) is 0 Å². The molecule has 0 atom stereocenters. The molecular weight excluding hydrogens is 278 g/mol. The minimum absolute atomic E-state index is 0.0666. The van der Waals surface area contributed by atoms with Crippen molar-refractivity contribution in [1.82, 2.24) is 9.88 Å². The first-order chi connectivity index (χ1) is 10.7. The summed E-state index contributed by atoms with van der Waals surface area (Å²) in [5, 5.41) is 12.1. The number of anilines is 1. The Morgan fingerprint density at radius 3 is 2.82 bits per heavy atom. The van der Waals surface area contributed by atoms with Crippen LogP contribution in [0.3, 0.4) is 0 Å². The predicted molar refractivity (Wildman–Crippen MR) is 85.1 cm³/mol. The second kappa shape index (κ2) is 6.58. The summed E-state index contributed by atoms with van der Waals surface area (Å²) in [6.07, 6.45) is 1.09. The number of hydrogen-bond donors (Lipinski definition) is 2. The van der Waals surface area contributed by atoms with Crippen LogP contribution in [-0.4, -0.2) is 40.6 Å². The van der Waals surface area contributed by atoms with E-state index in [-0.39, 0.29) is 5.69 Å². The van der Waals surface area contributed by atoms with Crippen LogP contribution in [0.5, 0.6) is 0 Å². The lowest BCUT2D eigenvalue weighted by Gasteiger charge is -2.28. The van der Waals surface area contributed by atoms with Gasteiger partial charge in [0, 0.05) is 26.2 Å². The van der Waals surface area contributed by atoms with Gasteiger partial charge in [0.15, 0.2) is 5.69 Å². The van der Waals surface area contributed by atoms with Crippen molar-refractivity contribution in [3.05, 3.63) is 59.3 Å². The molecule has 1 aliphatic rings. The highest BCUT2D eigenvalue weighted by molar-refractivity contribution is 5.85. The van der Waals surface area contributed by atoms with Gasteiger partial charge in [-0.15, -0.1) is 0 Å². The van der Waals surface area contributed by atoms with Crippen LogP contribution in [0.4, 0.5) is 5.82 Å². The van der Waals surface area contributed by atoms with E-state index < -0.39 is 5.97 Å². The maximum atomic E-state index is 10.9. The molecule has 0 unspecified atom stereocenters. The van der Waals surface area contributed by atoms with Crippen molar-refractivity contribution in [2.24, 2.45) is 0 Å². The summed E-state index contributed by atoms with van der Waals surface area (Å²) in [6, 6.07) is 13.6. The Bertz CT molecular complexity index is 672. The number of carboxylic acids is 1. The molecule has 2 N–H and O–H groups in total. The van der Waals surface area contributed by atoms with Gasteiger partial charge in [-0.25, -0.2) is 9.78 Å². The number of nitrogens with one attached hydrogen (secondary N) is 1. The second-order valence-corrected chi connectivity index (χ2v) is 5.43. The Morgan fingerprint density at radius 2 is 2.00 bits per heavy atom. The fourth-order valence-electron chi connectivity index (χ4n) is 2.74. The van der Waals surface area contributed by atoms with E-state index in [2.05, 4.69) is 39.5 Å². The summed E-state index contributed by atoms with van der Waals surface area (Å²) < 4.78 is 0. The molecule has 22 heavy (non-hydrogen) atoms. The average Bonchev–Trinajstić information content (AvgIpc) is 2.55. The average molecular weight is 297 g/mol. The van der Waals surface area contributed by atoms with Crippen LogP contribution in [0, 0.1) is 0 Å². The van der Waals surface area contributed by atoms with Gasteiger partial charge < -0.3 is 10.4 Å². The van der Waals surface area contributed by atoms with Crippen molar-refractivity contribution in [3.63, 3.8) is 0 Å². The van der Waals surface area contributed by atoms with Crippen LogP contribution in [0.1, 0.15) is 21.6 Å². The van der Waals surface area contributed by atoms with E-state index in [1.54, 1.807) is 12.1 Å². The number of carbonyl (C=O) groups is 1. The number of hydrogen-bond acceptors (Lipinski definition) is 4. The van der Waals surface area contributed by atoms with Crippen LogP contribution < -0.4 is 5.32 Å². The van der Waals surface area contributed by atoms with E-state index in [0.717, 1.165) is 32.6 Å². The van der Waals surface area contributed by atoms with E-state index in [1.165, 1.54) is 17.2 Å². The predicted octanol–water partition coefficient (Wildman–Crippen LogP) is 2.25. The quantitative estimate of drug-likeness (QED) is 0.886. The molecule has 2 heterocycles. The van der Waals surface area contributed by atoms with Gasteiger partial charge in [0.2, 0.25) is 0 Å². The van der Waals surface area contributed by atoms with E-state index >= 15 is 0 Å². The molecule has 1 aliphatic heterocycles. The van der Waals surface area contributed by atoms with Gasteiger partial charge in [0.05, 0.1) is 0 Å². The van der Waals surface area contributed by atoms with Crippen molar-refractivity contribution in [2.45, 2.75) is 13.0 Å². The summed E-state index contributed by atoms with van der Waals surface area (Å²) in [5.41, 5.74) is 2.92. The molecule has 0 spiro atoms. The SMILES string of the molecule is O=C(O)c1cccc(NCCN2CCc3ccccc3C2)n1. The molecule has 0 radical (unpaired) electrons. The molecule has 0 saturated carbocycles. The summed E-state index contributed by atoms with van der Waals surface area (Å²) in [6.45, 7) is 3.69. The lowest BCUT2D eigenvalue weighted by molar-refractivity contribution is 0.0690. The molecule has 0 saturated heterocycles. The third-order valence-corrected chi connectivity index (χ3v) is 3.91. The first kappa shape index (κ1) is 14.5. The standard InChI is InChI=1S/C17H19N3O2/c21-17(22)15-6-3-7-16(19-15)18-9-11-20-10-8-13-4-1-2-5-14(13)12-20/h1-7H,8-12H2,(H,18,19)(H,21,22). The summed E-state index contributed by atoms with van der Waals surface area (Å²) in [7, 11) is 0. The fourth-order valence-corrected chi connectivity index (χ4v) is 2.74. The van der Waals surface area contributed by atoms with Gasteiger partial charge in [-0.1, -0.05) is 30.3 Å². The first-order valence-corrected chi connectivity index (χ1v) is 7.46. The minimum atomic E-state index is -1.00. The third-order valence-electron chi connectivity index (χ3n) is 3.91. The molecule has 5 heteroatoms. The van der Waals surface area contributed by atoms with Crippen LogP contribution in [0.2, 0.25) is 0 Å². The zero-order valence-corrected chi connectivity index (χ0v) is 12.3. The molecule has 0 aliphatic carbocycles. The summed E-state index contributed by atoms with van der Waals surface area (Å²) >= 11 is 0. The summed E-state index contributed by atoms with van der Waals surface area (Å²) in [5.74, 6) is -0.395. The minimum Gasteiger partial charge on any atom is -0.477 e. The molecular formula is C17H19N3O2. The Balaban J connectivity index is 1.52. The van der Waals surface area contributed by atoms with Crippen molar-refractivity contribution >= 4 is 11.8 Å². The highest BCUT2D eigenvalue weighted by Gasteiger charge is 2.15. The van der Waals surface area contributed by atoms with Gasteiger partial charge in [0.25, 0.3) is 0 Å². The molecule has 2 aromatic rings. The number of carboxylic acid groups (broad SMARTS) is 1. The molecule has 0 amide bonds. The Kier molecular flexibility index (Phi) is 4.34. The third kappa shape index (κ3) is 3.43. The lowest BCUT2D eigenvalue weighted by atomic mass is 10.00. The summed E-state index contributed by atoms with van der Waals surface area (Å²) in [4.78, 5) is 17.4. The van der Waals surface area contributed by atoms with Crippen LogP contribution in [0.25, 0.3) is 0 Å². The zero-order chi connectivity index (χ0) is 15.4. The molecule has 0 fully saturated rings. The molecule has 1 aromatic carbocycles. The van der Waals surface area contributed by atoms with E-state index in [1.807, 2.05) is 0 Å². The highest BCUT2D eigenvalue weighted by atomic mass is 16.4. The van der Waals surface area contributed by atoms with Gasteiger partial charge in [-0.05, 0) is 29.7 Å². The maximum Gasteiger partial charge on any atom is 0.354 e. The maximum absolute atomic E-state index is 10.9. The largest absolute Gasteiger partial charge is 0.477 e. The van der Waals surface area contributed by atoms with Crippen molar-refractivity contribution in [1.29, 1.82) is 0 Å². The highest BCUT2D eigenvalue weighted by Crippen LogP contribution is 2.18. The Hall–Kier alpha value is -2.40. The van der Waals surface area contributed by atoms with Crippen molar-refractivity contribution < 1.29 is 9.90 Å². The monoisotopic (exact) mass is 297 g/mol.